The molecule has 0 saturated carbocycles. The van der Waals surface area contributed by atoms with Crippen molar-refractivity contribution in [2.45, 2.75) is 6.92 Å². The normalized spacial score (nSPS) is 10.1. The minimum atomic E-state index is -0.244. The van der Waals surface area contributed by atoms with Crippen molar-refractivity contribution in [3.63, 3.8) is 0 Å². The molecule has 27 heavy (non-hydrogen) atoms. The molecular weight excluding hydrogens is 340 g/mol. The van der Waals surface area contributed by atoms with Crippen LogP contribution in [0.15, 0.2) is 72.8 Å². The SMILES string of the molecule is COc1ccc(NC(=O)c2ccc(C(=O)Nc3ccccc3C)cc2)cc1. The molecule has 2 amide bonds. The fourth-order valence-electron chi connectivity index (χ4n) is 2.56. The highest BCUT2D eigenvalue weighted by Gasteiger charge is 2.10. The minimum Gasteiger partial charge on any atom is -0.497 e. The van der Waals surface area contributed by atoms with Gasteiger partial charge in [-0.05, 0) is 67.1 Å². The van der Waals surface area contributed by atoms with Gasteiger partial charge in [0.05, 0.1) is 7.11 Å². The van der Waals surface area contributed by atoms with Gasteiger partial charge in [-0.25, -0.2) is 0 Å². The second-order valence-electron chi connectivity index (χ2n) is 6.03. The van der Waals surface area contributed by atoms with Crippen LogP contribution >= 0.6 is 0 Å². The quantitative estimate of drug-likeness (QED) is 0.703. The molecule has 0 bridgehead atoms. The summed E-state index contributed by atoms with van der Waals surface area (Å²) in [6, 6.07) is 21.2. The predicted molar refractivity (Wildman–Crippen MR) is 107 cm³/mol. The third kappa shape index (κ3) is 4.52. The van der Waals surface area contributed by atoms with E-state index in [4.69, 9.17) is 4.74 Å². The summed E-state index contributed by atoms with van der Waals surface area (Å²) >= 11 is 0. The lowest BCUT2D eigenvalue weighted by molar-refractivity contribution is 0.101. The van der Waals surface area contributed by atoms with Crippen LogP contribution in [0.25, 0.3) is 0 Å². The molecule has 0 unspecified atom stereocenters. The van der Waals surface area contributed by atoms with Crippen LogP contribution in [0.1, 0.15) is 26.3 Å². The lowest BCUT2D eigenvalue weighted by atomic mass is 10.1. The Morgan fingerprint density at radius 1 is 0.741 bits per heavy atom. The first-order valence-electron chi connectivity index (χ1n) is 8.49. The van der Waals surface area contributed by atoms with Gasteiger partial charge >= 0.3 is 0 Å². The molecule has 3 aromatic carbocycles. The van der Waals surface area contributed by atoms with Gasteiger partial charge in [0.15, 0.2) is 0 Å². The molecule has 0 spiro atoms. The molecule has 0 aromatic heterocycles. The Kier molecular flexibility index (Phi) is 5.52. The molecule has 0 saturated heterocycles. The molecule has 0 aliphatic heterocycles. The molecule has 0 aliphatic rings. The molecular formula is C22H20N2O3. The van der Waals surface area contributed by atoms with Crippen molar-refractivity contribution in [1.82, 2.24) is 0 Å². The zero-order valence-corrected chi connectivity index (χ0v) is 15.2. The Balaban J connectivity index is 1.66. The Bertz CT molecular complexity index is 948. The van der Waals surface area contributed by atoms with Gasteiger partial charge in [-0.15, -0.1) is 0 Å². The number of benzene rings is 3. The molecule has 0 fully saturated rings. The van der Waals surface area contributed by atoms with E-state index < -0.39 is 0 Å². The summed E-state index contributed by atoms with van der Waals surface area (Å²) in [5, 5.41) is 5.68. The van der Waals surface area contributed by atoms with E-state index in [0.29, 0.717) is 16.8 Å². The molecule has 0 aliphatic carbocycles. The summed E-state index contributed by atoms with van der Waals surface area (Å²) in [5.74, 6) is 0.259. The number of hydrogen-bond acceptors (Lipinski definition) is 3. The largest absolute Gasteiger partial charge is 0.497 e. The van der Waals surface area contributed by atoms with Gasteiger partial charge in [-0.3, -0.25) is 9.59 Å². The Morgan fingerprint density at radius 2 is 1.30 bits per heavy atom. The number of nitrogens with one attached hydrogen (secondary N) is 2. The standard InChI is InChI=1S/C22H20N2O3/c1-15-5-3-4-6-20(15)24-22(26)17-9-7-16(8-10-17)21(25)23-18-11-13-19(27-2)14-12-18/h3-14H,1-2H3,(H,23,25)(H,24,26). The summed E-state index contributed by atoms with van der Waals surface area (Å²) in [5.41, 5.74) is 3.38. The van der Waals surface area contributed by atoms with E-state index in [1.807, 2.05) is 31.2 Å². The van der Waals surface area contributed by atoms with Crippen molar-refractivity contribution in [1.29, 1.82) is 0 Å². The number of carbonyl (C=O) groups excluding carboxylic acids is 2. The highest BCUT2D eigenvalue weighted by Crippen LogP contribution is 2.17. The number of rotatable bonds is 5. The van der Waals surface area contributed by atoms with Gasteiger partial charge in [0.2, 0.25) is 0 Å². The maximum atomic E-state index is 12.4. The average molecular weight is 360 g/mol. The highest BCUT2D eigenvalue weighted by molar-refractivity contribution is 6.07. The first-order valence-corrected chi connectivity index (χ1v) is 8.49. The smallest absolute Gasteiger partial charge is 0.255 e. The second-order valence-corrected chi connectivity index (χ2v) is 6.03. The summed E-state index contributed by atoms with van der Waals surface area (Å²) in [4.78, 5) is 24.7. The van der Waals surface area contributed by atoms with Crippen molar-refractivity contribution in [2.24, 2.45) is 0 Å². The first kappa shape index (κ1) is 18.2. The van der Waals surface area contributed by atoms with Gasteiger partial charge in [0.25, 0.3) is 11.8 Å². The van der Waals surface area contributed by atoms with Crippen molar-refractivity contribution in [3.8, 4) is 5.75 Å². The minimum absolute atomic E-state index is 0.216. The lowest BCUT2D eigenvalue weighted by Crippen LogP contribution is -2.14. The van der Waals surface area contributed by atoms with Crippen molar-refractivity contribution >= 4 is 23.2 Å². The van der Waals surface area contributed by atoms with E-state index >= 15 is 0 Å². The molecule has 136 valence electrons. The molecule has 0 atom stereocenters. The zero-order chi connectivity index (χ0) is 19.2. The van der Waals surface area contributed by atoms with Crippen molar-refractivity contribution in [2.75, 3.05) is 17.7 Å². The zero-order valence-electron chi connectivity index (χ0n) is 15.2. The fraction of sp³-hybridized carbons (Fsp3) is 0.0909. The number of amides is 2. The first-order chi connectivity index (χ1) is 13.1. The number of hydrogen-bond donors (Lipinski definition) is 2. The Hall–Kier alpha value is -3.60. The van der Waals surface area contributed by atoms with Crippen LogP contribution in [-0.4, -0.2) is 18.9 Å². The van der Waals surface area contributed by atoms with Crippen LogP contribution in [-0.2, 0) is 0 Å². The van der Waals surface area contributed by atoms with E-state index in [0.717, 1.165) is 17.0 Å². The van der Waals surface area contributed by atoms with E-state index in [1.165, 1.54) is 0 Å². The number of ether oxygens (including phenoxy) is 1. The van der Waals surface area contributed by atoms with Crippen LogP contribution in [0.5, 0.6) is 5.75 Å². The number of para-hydroxylation sites is 1. The van der Waals surface area contributed by atoms with Gasteiger partial charge < -0.3 is 15.4 Å². The molecule has 3 rings (SSSR count). The second kappa shape index (κ2) is 8.19. The Morgan fingerprint density at radius 3 is 1.85 bits per heavy atom. The summed E-state index contributed by atoms with van der Waals surface area (Å²) in [6.07, 6.45) is 0. The predicted octanol–water partition coefficient (Wildman–Crippen LogP) is 4.51. The van der Waals surface area contributed by atoms with Crippen molar-refractivity contribution < 1.29 is 14.3 Å². The average Bonchev–Trinajstić information content (AvgIpc) is 2.70. The maximum Gasteiger partial charge on any atom is 0.255 e. The maximum absolute atomic E-state index is 12.4. The van der Waals surface area contributed by atoms with Crippen molar-refractivity contribution in [3.05, 3.63) is 89.5 Å². The van der Waals surface area contributed by atoms with Gasteiger partial charge in [0.1, 0.15) is 5.75 Å². The third-order valence-corrected chi connectivity index (χ3v) is 4.15. The summed E-state index contributed by atoms with van der Waals surface area (Å²) in [6.45, 7) is 1.93. The van der Waals surface area contributed by atoms with Crippen LogP contribution in [0.2, 0.25) is 0 Å². The summed E-state index contributed by atoms with van der Waals surface area (Å²) in [7, 11) is 1.59. The van der Waals surface area contributed by atoms with E-state index in [2.05, 4.69) is 10.6 Å². The monoisotopic (exact) mass is 360 g/mol. The fourth-order valence-corrected chi connectivity index (χ4v) is 2.56. The van der Waals surface area contributed by atoms with E-state index in [-0.39, 0.29) is 11.8 Å². The molecule has 5 nitrogen and oxygen atoms in total. The Labute approximate surface area is 158 Å². The number of carbonyl (C=O) groups is 2. The van der Waals surface area contributed by atoms with Crippen LogP contribution < -0.4 is 15.4 Å². The molecule has 0 radical (unpaired) electrons. The number of aryl methyl sites for hydroxylation is 1. The van der Waals surface area contributed by atoms with Gasteiger partial charge in [-0.2, -0.15) is 0 Å². The van der Waals surface area contributed by atoms with E-state index in [1.54, 1.807) is 55.6 Å². The van der Waals surface area contributed by atoms with E-state index in [9.17, 15) is 9.59 Å². The summed E-state index contributed by atoms with van der Waals surface area (Å²) < 4.78 is 5.09. The molecule has 0 heterocycles. The topological polar surface area (TPSA) is 67.4 Å². The van der Waals surface area contributed by atoms with Gasteiger partial charge in [0, 0.05) is 22.5 Å². The molecule has 3 aromatic rings. The number of anilines is 2. The molecule has 5 heteroatoms. The van der Waals surface area contributed by atoms with Crippen LogP contribution in [0, 0.1) is 6.92 Å². The highest BCUT2D eigenvalue weighted by atomic mass is 16.5. The number of methoxy groups -OCH3 is 1. The van der Waals surface area contributed by atoms with Crippen LogP contribution in [0.4, 0.5) is 11.4 Å². The molecule has 2 N–H and O–H groups in total. The third-order valence-electron chi connectivity index (χ3n) is 4.15. The van der Waals surface area contributed by atoms with Gasteiger partial charge in [-0.1, -0.05) is 18.2 Å². The van der Waals surface area contributed by atoms with Crippen LogP contribution in [0.3, 0.4) is 0 Å². The lowest BCUT2D eigenvalue weighted by Gasteiger charge is -2.09.